The number of aromatic nitrogens is 2. The zero-order chi connectivity index (χ0) is 23.3. The molecular weight excluding hydrogens is 432 g/mol. The maximum absolute atomic E-state index is 12.9. The fraction of sp³-hybridized carbons (Fsp3) is 0.500. The average molecular weight is 465 g/mol. The Bertz CT molecular complexity index is 1040. The Morgan fingerprint density at radius 2 is 1.74 bits per heavy atom. The van der Waals surface area contributed by atoms with Gasteiger partial charge in [0.25, 0.3) is 0 Å². The van der Waals surface area contributed by atoms with Crippen LogP contribution in [0.5, 0.6) is 0 Å². The topological polar surface area (TPSA) is 92.3 Å². The number of aryl methyl sites for hydroxylation is 2. The summed E-state index contributed by atoms with van der Waals surface area (Å²) in [6.07, 6.45) is 0. The smallest absolute Gasteiger partial charge is 0.243 e. The van der Waals surface area contributed by atoms with Crippen molar-refractivity contribution in [2.24, 2.45) is 0 Å². The number of sulfonamides is 1. The van der Waals surface area contributed by atoms with Crippen LogP contribution in [0.1, 0.15) is 57.6 Å². The molecule has 7 nitrogen and oxygen atoms in total. The maximum atomic E-state index is 12.9. The molecule has 2 rings (SSSR count). The molecular formula is C22H32N4O3S2. The lowest BCUT2D eigenvalue weighted by Gasteiger charge is -2.20. The molecule has 0 spiro atoms. The van der Waals surface area contributed by atoms with Crippen LogP contribution >= 0.6 is 11.8 Å². The van der Waals surface area contributed by atoms with E-state index in [2.05, 4.69) is 15.3 Å². The van der Waals surface area contributed by atoms with E-state index in [0.717, 1.165) is 16.5 Å². The van der Waals surface area contributed by atoms with E-state index < -0.39 is 15.3 Å². The predicted octanol–water partition coefficient (Wildman–Crippen LogP) is 4.37. The summed E-state index contributed by atoms with van der Waals surface area (Å²) < 4.78 is 27.3. The van der Waals surface area contributed by atoms with Crippen molar-refractivity contribution in [2.45, 2.75) is 69.6 Å². The predicted molar refractivity (Wildman–Crippen MR) is 126 cm³/mol. The molecule has 1 N–H and O–H groups in total. The van der Waals surface area contributed by atoms with Crippen molar-refractivity contribution in [3.05, 3.63) is 41.3 Å². The Balaban J connectivity index is 2.21. The van der Waals surface area contributed by atoms with Gasteiger partial charge in [0.15, 0.2) is 0 Å². The van der Waals surface area contributed by atoms with Gasteiger partial charge in [0.1, 0.15) is 10.9 Å². The third kappa shape index (κ3) is 6.27. The van der Waals surface area contributed by atoms with Crippen molar-refractivity contribution < 1.29 is 13.2 Å². The second-order valence-electron chi connectivity index (χ2n) is 7.68. The molecule has 0 bridgehead atoms. The van der Waals surface area contributed by atoms with E-state index in [1.165, 1.54) is 22.1 Å². The van der Waals surface area contributed by atoms with Crippen LogP contribution in [0.15, 0.2) is 34.2 Å². The highest BCUT2D eigenvalue weighted by Gasteiger charge is 2.24. The number of hydrogen-bond acceptors (Lipinski definition) is 6. The Morgan fingerprint density at radius 3 is 2.32 bits per heavy atom. The third-order valence-corrected chi connectivity index (χ3v) is 8.02. The lowest BCUT2D eigenvalue weighted by molar-refractivity contribution is -0.115. The first-order valence-corrected chi connectivity index (χ1v) is 12.7. The molecule has 0 fully saturated rings. The van der Waals surface area contributed by atoms with E-state index in [9.17, 15) is 13.2 Å². The molecule has 170 valence electrons. The zero-order valence-electron chi connectivity index (χ0n) is 19.3. The van der Waals surface area contributed by atoms with E-state index in [0.29, 0.717) is 24.3 Å². The number of amides is 1. The number of benzene rings is 1. The summed E-state index contributed by atoms with van der Waals surface area (Å²) in [4.78, 5) is 22.0. The number of carbonyl (C=O) groups excluding carboxylic acids is 1. The molecule has 1 heterocycles. The molecule has 1 aromatic carbocycles. The second-order valence-corrected chi connectivity index (χ2v) is 10.9. The van der Waals surface area contributed by atoms with E-state index in [-0.39, 0.29) is 16.7 Å². The molecule has 1 aromatic heterocycles. The van der Waals surface area contributed by atoms with Gasteiger partial charge in [-0.2, -0.15) is 4.31 Å². The van der Waals surface area contributed by atoms with Crippen molar-refractivity contribution in [1.29, 1.82) is 0 Å². The summed E-state index contributed by atoms with van der Waals surface area (Å²) in [7, 11) is -3.62. The van der Waals surface area contributed by atoms with Crippen LogP contribution in [0, 0.1) is 13.8 Å². The van der Waals surface area contributed by atoms with Gasteiger partial charge in [0.2, 0.25) is 15.9 Å². The molecule has 0 saturated carbocycles. The number of carbonyl (C=O) groups is 1. The first-order chi connectivity index (χ1) is 14.5. The quantitative estimate of drug-likeness (QED) is 0.438. The number of rotatable bonds is 9. The minimum absolute atomic E-state index is 0.196. The largest absolute Gasteiger partial charge is 0.325 e. The van der Waals surface area contributed by atoms with Gasteiger partial charge in [0.05, 0.1) is 10.1 Å². The Kier molecular flexibility index (Phi) is 8.62. The first-order valence-electron chi connectivity index (χ1n) is 10.4. The highest BCUT2D eigenvalue weighted by Crippen LogP contribution is 2.27. The minimum Gasteiger partial charge on any atom is -0.325 e. The van der Waals surface area contributed by atoms with Crippen LogP contribution in [-0.4, -0.2) is 46.9 Å². The molecule has 0 saturated heterocycles. The standard InChI is InChI=1S/C22H32N4O3S2/c1-8-26(9-2)31(28,29)19-13-18(11-10-15(19)5)24-22(27)17(7)30-20-12-16(6)23-21(25-20)14(3)4/h10-14,17H,8-9H2,1-7H3,(H,24,27). The monoisotopic (exact) mass is 464 g/mol. The van der Waals surface area contributed by atoms with Gasteiger partial charge >= 0.3 is 0 Å². The van der Waals surface area contributed by atoms with Gasteiger partial charge in [0, 0.05) is 30.4 Å². The zero-order valence-corrected chi connectivity index (χ0v) is 20.9. The van der Waals surface area contributed by atoms with Crippen molar-refractivity contribution >= 4 is 33.4 Å². The lowest BCUT2D eigenvalue weighted by Crippen LogP contribution is -2.31. The van der Waals surface area contributed by atoms with Gasteiger partial charge in [-0.15, -0.1) is 0 Å². The Labute approximate surface area is 190 Å². The third-order valence-electron chi connectivity index (χ3n) is 4.81. The van der Waals surface area contributed by atoms with Crippen molar-refractivity contribution in [1.82, 2.24) is 14.3 Å². The molecule has 2 aromatic rings. The van der Waals surface area contributed by atoms with E-state index >= 15 is 0 Å². The van der Waals surface area contributed by atoms with Crippen molar-refractivity contribution in [3.8, 4) is 0 Å². The van der Waals surface area contributed by atoms with Gasteiger partial charge in [-0.25, -0.2) is 18.4 Å². The summed E-state index contributed by atoms with van der Waals surface area (Å²) in [6.45, 7) is 13.9. The van der Waals surface area contributed by atoms with Gasteiger partial charge in [-0.3, -0.25) is 4.79 Å². The summed E-state index contributed by atoms with van der Waals surface area (Å²) in [5.41, 5.74) is 1.96. The van der Waals surface area contributed by atoms with Gasteiger partial charge < -0.3 is 5.32 Å². The first kappa shape index (κ1) is 25.3. The summed E-state index contributed by atoms with van der Waals surface area (Å²) in [5, 5.41) is 3.17. The lowest BCUT2D eigenvalue weighted by atomic mass is 10.2. The number of nitrogens with one attached hydrogen (secondary N) is 1. The van der Waals surface area contributed by atoms with Gasteiger partial charge in [-0.1, -0.05) is 45.5 Å². The number of thioether (sulfide) groups is 1. The maximum Gasteiger partial charge on any atom is 0.243 e. The highest BCUT2D eigenvalue weighted by molar-refractivity contribution is 8.00. The molecule has 1 amide bonds. The normalized spacial score (nSPS) is 12.9. The van der Waals surface area contributed by atoms with Crippen LogP contribution in [0.4, 0.5) is 5.69 Å². The summed E-state index contributed by atoms with van der Waals surface area (Å²) in [6, 6.07) is 6.83. The molecule has 0 radical (unpaired) electrons. The second kappa shape index (κ2) is 10.6. The summed E-state index contributed by atoms with van der Waals surface area (Å²) >= 11 is 1.35. The molecule has 1 atom stereocenters. The van der Waals surface area contributed by atoms with E-state index in [4.69, 9.17) is 0 Å². The van der Waals surface area contributed by atoms with Gasteiger partial charge in [-0.05, 0) is 44.5 Å². The van der Waals surface area contributed by atoms with Crippen molar-refractivity contribution in [2.75, 3.05) is 18.4 Å². The fourth-order valence-electron chi connectivity index (χ4n) is 3.02. The van der Waals surface area contributed by atoms with Crippen LogP contribution in [-0.2, 0) is 14.8 Å². The molecule has 1 unspecified atom stereocenters. The van der Waals surface area contributed by atoms with Crippen molar-refractivity contribution in [3.63, 3.8) is 0 Å². The van der Waals surface area contributed by atoms with Crippen LogP contribution in [0.3, 0.4) is 0 Å². The molecule has 0 aliphatic carbocycles. The minimum atomic E-state index is -3.62. The van der Waals surface area contributed by atoms with Crippen LogP contribution < -0.4 is 5.32 Å². The molecule has 31 heavy (non-hydrogen) atoms. The molecule has 0 aliphatic rings. The van der Waals surface area contributed by atoms with E-state index in [1.807, 2.05) is 26.8 Å². The Hall–Kier alpha value is -1.97. The highest BCUT2D eigenvalue weighted by atomic mass is 32.2. The number of hydrogen-bond donors (Lipinski definition) is 1. The van der Waals surface area contributed by atoms with Crippen LogP contribution in [0.2, 0.25) is 0 Å². The molecule has 9 heteroatoms. The average Bonchev–Trinajstić information content (AvgIpc) is 2.69. The number of nitrogens with zero attached hydrogens (tertiary/aromatic N) is 3. The summed E-state index contributed by atoms with van der Waals surface area (Å²) in [5.74, 6) is 0.726. The van der Waals surface area contributed by atoms with E-state index in [1.54, 1.807) is 39.8 Å². The number of anilines is 1. The Morgan fingerprint density at radius 1 is 1.10 bits per heavy atom. The van der Waals surface area contributed by atoms with Crippen LogP contribution in [0.25, 0.3) is 0 Å². The molecule has 0 aliphatic heterocycles. The fourth-order valence-corrected chi connectivity index (χ4v) is 5.64. The SMILES string of the molecule is CCN(CC)S(=O)(=O)c1cc(NC(=O)C(C)Sc2cc(C)nc(C(C)C)n2)ccc1C.